The fraction of sp³-hybridized carbons (Fsp3) is 0.500. The van der Waals surface area contributed by atoms with Crippen LogP contribution in [0.15, 0.2) is 24.3 Å². The highest BCUT2D eigenvalue weighted by Gasteiger charge is 2.19. The molecule has 2 amide bonds. The third-order valence-electron chi connectivity index (χ3n) is 3.49. The molecule has 0 saturated carbocycles. The Morgan fingerprint density at radius 2 is 2.19 bits per heavy atom. The molecular weight excluding hydrogens is 268 g/mol. The van der Waals surface area contributed by atoms with Gasteiger partial charge >= 0.3 is 0 Å². The first kappa shape index (κ1) is 15.4. The van der Waals surface area contributed by atoms with Gasteiger partial charge in [0.05, 0.1) is 13.2 Å². The number of hydrogen-bond acceptors (Lipinski definition) is 3. The van der Waals surface area contributed by atoms with Gasteiger partial charge in [-0.3, -0.25) is 9.59 Å². The van der Waals surface area contributed by atoms with Gasteiger partial charge in [-0.25, -0.2) is 0 Å². The average Bonchev–Trinajstić information content (AvgIpc) is 2.71. The SMILES string of the molecule is CCOc1ccccc1CCC(=O)N1CCCNC(=O)C1. The van der Waals surface area contributed by atoms with Crippen LogP contribution in [-0.2, 0) is 16.0 Å². The Morgan fingerprint density at radius 1 is 1.38 bits per heavy atom. The summed E-state index contributed by atoms with van der Waals surface area (Å²) < 4.78 is 5.56. The summed E-state index contributed by atoms with van der Waals surface area (Å²) in [6, 6.07) is 7.77. The van der Waals surface area contributed by atoms with Crippen molar-refractivity contribution in [3.05, 3.63) is 29.8 Å². The van der Waals surface area contributed by atoms with Gasteiger partial charge in [0.15, 0.2) is 0 Å². The summed E-state index contributed by atoms with van der Waals surface area (Å²) in [5.74, 6) is 0.787. The molecule has 2 rings (SSSR count). The van der Waals surface area contributed by atoms with Gasteiger partial charge in [-0.05, 0) is 31.4 Å². The summed E-state index contributed by atoms with van der Waals surface area (Å²) in [6.45, 7) is 4.02. The molecule has 5 nitrogen and oxygen atoms in total. The van der Waals surface area contributed by atoms with E-state index in [-0.39, 0.29) is 18.4 Å². The van der Waals surface area contributed by atoms with Crippen LogP contribution >= 0.6 is 0 Å². The first-order valence-electron chi connectivity index (χ1n) is 7.46. The maximum absolute atomic E-state index is 12.2. The van der Waals surface area contributed by atoms with Gasteiger partial charge in [0, 0.05) is 19.5 Å². The standard InChI is InChI=1S/C16H22N2O3/c1-2-21-14-7-4-3-6-13(14)8-9-16(20)18-11-5-10-17-15(19)12-18/h3-4,6-7H,2,5,8-12H2,1H3,(H,17,19). The smallest absolute Gasteiger partial charge is 0.239 e. The normalized spacial score (nSPS) is 15.3. The molecule has 0 bridgehead atoms. The number of ether oxygens (including phenoxy) is 1. The van der Waals surface area contributed by atoms with E-state index in [9.17, 15) is 9.59 Å². The number of rotatable bonds is 5. The summed E-state index contributed by atoms with van der Waals surface area (Å²) in [5, 5.41) is 2.78. The summed E-state index contributed by atoms with van der Waals surface area (Å²) in [5.41, 5.74) is 1.03. The lowest BCUT2D eigenvalue weighted by molar-refractivity contribution is -0.135. The van der Waals surface area contributed by atoms with Crippen molar-refractivity contribution in [3.8, 4) is 5.75 Å². The number of nitrogens with one attached hydrogen (secondary N) is 1. The largest absolute Gasteiger partial charge is 0.494 e. The van der Waals surface area contributed by atoms with Crippen LogP contribution in [0.3, 0.4) is 0 Å². The minimum Gasteiger partial charge on any atom is -0.494 e. The molecule has 1 fully saturated rings. The number of aryl methyl sites for hydroxylation is 1. The van der Waals surface area contributed by atoms with E-state index in [1.807, 2.05) is 31.2 Å². The topological polar surface area (TPSA) is 58.6 Å². The Hall–Kier alpha value is -2.04. The van der Waals surface area contributed by atoms with Crippen molar-refractivity contribution in [3.63, 3.8) is 0 Å². The molecule has 1 aromatic carbocycles. The van der Waals surface area contributed by atoms with E-state index < -0.39 is 0 Å². The van der Waals surface area contributed by atoms with E-state index in [0.717, 1.165) is 17.7 Å². The Bertz CT molecular complexity index is 502. The van der Waals surface area contributed by atoms with E-state index in [4.69, 9.17) is 4.74 Å². The van der Waals surface area contributed by atoms with Gasteiger partial charge in [-0.15, -0.1) is 0 Å². The molecular formula is C16H22N2O3. The van der Waals surface area contributed by atoms with Gasteiger partial charge in [-0.2, -0.15) is 0 Å². The Balaban J connectivity index is 1.92. The van der Waals surface area contributed by atoms with Crippen molar-refractivity contribution >= 4 is 11.8 Å². The van der Waals surface area contributed by atoms with E-state index in [2.05, 4.69) is 5.32 Å². The van der Waals surface area contributed by atoms with Crippen LogP contribution < -0.4 is 10.1 Å². The third-order valence-corrected chi connectivity index (χ3v) is 3.49. The lowest BCUT2D eigenvalue weighted by atomic mass is 10.1. The van der Waals surface area contributed by atoms with Gasteiger partial charge in [0.25, 0.3) is 0 Å². The average molecular weight is 290 g/mol. The number of hydrogen-bond donors (Lipinski definition) is 1. The van der Waals surface area contributed by atoms with Crippen LogP contribution in [0, 0.1) is 0 Å². The van der Waals surface area contributed by atoms with Crippen LogP contribution in [0.5, 0.6) is 5.75 Å². The third kappa shape index (κ3) is 4.48. The Labute approximate surface area is 125 Å². The summed E-state index contributed by atoms with van der Waals surface area (Å²) in [6.07, 6.45) is 1.84. The van der Waals surface area contributed by atoms with E-state index in [1.54, 1.807) is 4.90 Å². The molecule has 0 aromatic heterocycles. The van der Waals surface area contributed by atoms with Crippen molar-refractivity contribution in [2.45, 2.75) is 26.2 Å². The van der Waals surface area contributed by atoms with Crippen molar-refractivity contribution in [1.82, 2.24) is 10.2 Å². The first-order valence-corrected chi connectivity index (χ1v) is 7.46. The van der Waals surface area contributed by atoms with Crippen LogP contribution in [0.1, 0.15) is 25.3 Å². The number of amides is 2. The molecule has 21 heavy (non-hydrogen) atoms. The zero-order valence-electron chi connectivity index (χ0n) is 12.4. The number of benzene rings is 1. The molecule has 1 N–H and O–H groups in total. The maximum Gasteiger partial charge on any atom is 0.239 e. The number of carbonyl (C=O) groups is 2. The minimum atomic E-state index is -0.0735. The van der Waals surface area contributed by atoms with Gasteiger partial charge < -0.3 is 15.0 Å². The molecule has 1 aromatic rings. The lowest BCUT2D eigenvalue weighted by Crippen LogP contribution is -2.37. The highest BCUT2D eigenvalue weighted by molar-refractivity contribution is 5.85. The second-order valence-electron chi connectivity index (χ2n) is 5.06. The van der Waals surface area contributed by atoms with E-state index in [1.165, 1.54) is 0 Å². The maximum atomic E-state index is 12.2. The van der Waals surface area contributed by atoms with Gasteiger partial charge in [0.1, 0.15) is 5.75 Å². The molecule has 0 spiro atoms. The van der Waals surface area contributed by atoms with E-state index in [0.29, 0.717) is 32.5 Å². The van der Waals surface area contributed by atoms with Crippen LogP contribution in [0.2, 0.25) is 0 Å². The Morgan fingerprint density at radius 3 is 3.00 bits per heavy atom. The monoisotopic (exact) mass is 290 g/mol. The minimum absolute atomic E-state index is 0.0263. The molecule has 0 atom stereocenters. The van der Waals surface area contributed by atoms with Crippen LogP contribution in [0.4, 0.5) is 0 Å². The summed E-state index contributed by atoms with van der Waals surface area (Å²) in [7, 11) is 0. The predicted molar refractivity (Wildman–Crippen MR) is 80.1 cm³/mol. The van der Waals surface area contributed by atoms with Crippen molar-refractivity contribution in [1.29, 1.82) is 0 Å². The quantitative estimate of drug-likeness (QED) is 0.891. The number of para-hydroxylation sites is 1. The lowest BCUT2D eigenvalue weighted by Gasteiger charge is -2.19. The zero-order valence-corrected chi connectivity index (χ0v) is 12.4. The summed E-state index contributed by atoms with van der Waals surface area (Å²) in [4.78, 5) is 25.4. The molecule has 114 valence electrons. The van der Waals surface area contributed by atoms with Gasteiger partial charge in [0.2, 0.25) is 11.8 Å². The first-order chi connectivity index (χ1) is 10.2. The highest BCUT2D eigenvalue weighted by Crippen LogP contribution is 2.20. The fourth-order valence-electron chi connectivity index (χ4n) is 2.43. The van der Waals surface area contributed by atoms with Crippen molar-refractivity contribution in [2.75, 3.05) is 26.2 Å². The highest BCUT2D eigenvalue weighted by atomic mass is 16.5. The summed E-state index contributed by atoms with van der Waals surface area (Å²) >= 11 is 0. The molecule has 1 heterocycles. The fourth-order valence-corrected chi connectivity index (χ4v) is 2.43. The van der Waals surface area contributed by atoms with Crippen molar-refractivity contribution in [2.24, 2.45) is 0 Å². The molecule has 0 radical (unpaired) electrons. The Kier molecular flexibility index (Phi) is 5.60. The van der Waals surface area contributed by atoms with Gasteiger partial charge in [-0.1, -0.05) is 18.2 Å². The number of carbonyl (C=O) groups excluding carboxylic acids is 2. The van der Waals surface area contributed by atoms with E-state index >= 15 is 0 Å². The second-order valence-corrected chi connectivity index (χ2v) is 5.06. The van der Waals surface area contributed by atoms with Crippen LogP contribution in [-0.4, -0.2) is 43.0 Å². The molecule has 1 aliphatic heterocycles. The molecule has 0 aliphatic carbocycles. The molecule has 1 aliphatic rings. The van der Waals surface area contributed by atoms with Crippen molar-refractivity contribution < 1.29 is 14.3 Å². The number of nitrogens with zero attached hydrogens (tertiary/aromatic N) is 1. The molecule has 0 unspecified atom stereocenters. The second kappa shape index (κ2) is 7.67. The zero-order chi connectivity index (χ0) is 15.1. The predicted octanol–water partition coefficient (Wildman–Crippen LogP) is 1.37. The molecule has 1 saturated heterocycles. The van der Waals surface area contributed by atoms with Crippen LogP contribution in [0.25, 0.3) is 0 Å². The molecule has 5 heteroatoms.